The van der Waals surface area contributed by atoms with Crippen LogP contribution in [0.5, 0.6) is 5.75 Å². The number of phenols is 1. The normalized spacial score (nSPS) is 12.3. The highest BCUT2D eigenvalue weighted by atomic mass is 79.9. The minimum absolute atomic E-state index is 0.0814. The van der Waals surface area contributed by atoms with Gasteiger partial charge in [0.25, 0.3) is 0 Å². The third kappa shape index (κ3) is 3.41. The summed E-state index contributed by atoms with van der Waals surface area (Å²) < 4.78 is 10.3. The SMILES string of the molecule is N[C@H](CO)C(=O)OCc1cc(=O)oc2cc(O)c(Br)cc12. The molecule has 0 aliphatic carbocycles. The van der Waals surface area contributed by atoms with E-state index in [0.717, 1.165) is 0 Å². The fourth-order valence-corrected chi connectivity index (χ4v) is 2.03. The van der Waals surface area contributed by atoms with Crippen LogP contribution in [0.25, 0.3) is 11.0 Å². The van der Waals surface area contributed by atoms with E-state index in [-0.39, 0.29) is 17.9 Å². The monoisotopic (exact) mass is 357 g/mol. The second-order valence-corrected chi connectivity index (χ2v) is 5.14. The number of carbonyl (C=O) groups is 1. The highest BCUT2D eigenvalue weighted by Crippen LogP contribution is 2.30. The molecule has 112 valence electrons. The summed E-state index contributed by atoms with van der Waals surface area (Å²) in [5, 5.41) is 18.8. The highest BCUT2D eigenvalue weighted by Gasteiger charge is 2.15. The van der Waals surface area contributed by atoms with E-state index in [2.05, 4.69) is 15.9 Å². The zero-order valence-electron chi connectivity index (χ0n) is 10.7. The van der Waals surface area contributed by atoms with Gasteiger partial charge in [0.15, 0.2) is 0 Å². The minimum atomic E-state index is -1.13. The molecular weight excluding hydrogens is 346 g/mol. The molecule has 4 N–H and O–H groups in total. The third-order valence-electron chi connectivity index (χ3n) is 2.77. The summed E-state index contributed by atoms with van der Waals surface area (Å²) in [6.45, 7) is -0.734. The van der Waals surface area contributed by atoms with Crippen molar-refractivity contribution >= 4 is 32.9 Å². The zero-order chi connectivity index (χ0) is 15.6. The van der Waals surface area contributed by atoms with Crippen molar-refractivity contribution < 1.29 is 24.2 Å². The number of rotatable bonds is 4. The molecule has 0 amide bonds. The van der Waals surface area contributed by atoms with Gasteiger partial charge < -0.3 is 25.1 Å². The lowest BCUT2D eigenvalue weighted by atomic mass is 10.1. The lowest BCUT2D eigenvalue weighted by Crippen LogP contribution is -2.35. The van der Waals surface area contributed by atoms with E-state index >= 15 is 0 Å². The number of esters is 1. The first kappa shape index (κ1) is 15.5. The summed E-state index contributed by atoms with van der Waals surface area (Å²) in [5.74, 6) is -0.862. The Bertz CT molecular complexity index is 741. The van der Waals surface area contributed by atoms with Crippen LogP contribution < -0.4 is 11.4 Å². The molecule has 0 radical (unpaired) electrons. The quantitative estimate of drug-likeness (QED) is 0.541. The number of aliphatic hydroxyl groups is 1. The van der Waals surface area contributed by atoms with Crippen molar-refractivity contribution in [2.45, 2.75) is 12.6 Å². The van der Waals surface area contributed by atoms with Crippen molar-refractivity contribution in [3.8, 4) is 5.75 Å². The number of ether oxygens (including phenoxy) is 1. The molecule has 0 saturated carbocycles. The minimum Gasteiger partial charge on any atom is -0.507 e. The zero-order valence-corrected chi connectivity index (χ0v) is 12.3. The maximum absolute atomic E-state index is 11.5. The molecule has 1 heterocycles. The van der Waals surface area contributed by atoms with Gasteiger partial charge in [-0.2, -0.15) is 0 Å². The van der Waals surface area contributed by atoms with Gasteiger partial charge in [0, 0.05) is 23.1 Å². The third-order valence-corrected chi connectivity index (χ3v) is 3.40. The molecule has 7 nitrogen and oxygen atoms in total. The van der Waals surface area contributed by atoms with Crippen molar-refractivity contribution in [1.82, 2.24) is 0 Å². The maximum atomic E-state index is 11.5. The number of aliphatic hydroxyl groups excluding tert-OH is 1. The van der Waals surface area contributed by atoms with Gasteiger partial charge in [0.2, 0.25) is 0 Å². The van der Waals surface area contributed by atoms with Crippen LogP contribution >= 0.6 is 15.9 Å². The van der Waals surface area contributed by atoms with Crippen LogP contribution in [0, 0.1) is 0 Å². The Kier molecular flexibility index (Phi) is 4.61. The van der Waals surface area contributed by atoms with Gasteiger partial charge in [-0.05, 0) is 22.0 Å². The molecule has 0 aliphatic heterocycles. The molecule has 0 spiro atoms. The van der Waals surface area contributed by atoms with Crippen molar-refractivity contribution in [2.24, 2.45) is 5.73 Å². The number of hydrogen-bond donors (Lipinski definition) is 3. The van der Waals surface area contributed by atoms with E-state index in [0.29, 0.717) is 15.4 Å². The molecule has 0 unspecified atom stereocenters. The molecule has 0 aliphatic rings. The molecule has 1 aromatic carbocycles. The van der Waals surface area contributed by atoms with Crippen molar-refractivity contribution in [3.05, 3.63) is 38.7 Å². The standard InChI is InChI=1S/C13H12BrNO6/c14-8-2-7-6(5-20-13(19)9(15)4-16)1-12(18)21-11(7)3-10(8)17/h1-3,9,16-17H,4-5,15H2/t9-/m1/s1. The van der Waals surface area contributed by atoms with Crippen LogP contribution in [-0.4, -0.2) is 28.8 Å². The Morgan fingerprint density at radius 2 is 2.14 bits per heavy atom. The maximum Gasteiger partial charge on any atom is 0.336 e. The van der Waals surface area contributed by atoms with E-state index < -0.39 is 24.2 Å². The number of carbonyl (C=O) groups excluding carboxylic acids is 1. The highest BCUT2D eigenvalue weighted by molar-refractivity contribution is 9.10. The largest absolute Gasteiger partial charge is 0.507 e. The smallest absolute Gasteiger partial charge is 0.336 e. The second kappa shape index (κ2) is 6.25. The van der Waals surface area contributed by atoms with Gasteiger partial charge in [-0.3, -0.25) is 4.79 Å². The van der Waals surface area contributed by atoms with Crippen LogP contribution in [0.3, 0.4) is 0 Å². The first-order chi connectivity index (χ1) is 9.92. The average molecular weight is 358 g/mol. The van der Waals surface area contributed by atoms with Gasteiger partial charge in [-0.1, -0.05) is 0 Å². The molecule has 0 fully saturated rings. The van der Waals surface area contributed by atoms with E-state index in [1.807, 2.05) is 0 Å². The van der Waals surface area contributed by atoms with Gasteiger partial charge in [-0.25, -0.2) is 4.79 Å². The Morgan fingerprint density at radius 3 is 2.81 bits per heavy atom. The molecule has 21 heavy (non-hydrogen) atoms. The van der Waals surface area contributed by atoms with Gasteiger partial charge in [0.05, 0.1) is 11.1 Å². The van der Waals surface area contributed by atoms with E-state index in [1.165, 1.54) is 12.1 Å². The van der Waals surface area contributed by atoms with Crippen molar-refractivity contribution in [1.29, 1.82) is 0 Å². The lowest BCUT2D eigenvalue weighted by Gasteiger charge is -2.10. The fraction of sp³-hybridized carbons (Fsp3) is 0.231. The molecule has 1 aromatic heterocycles. The van der Waals surface area contributed by atoms with Crippen molar-refractivity contribution in [3.63, 3.8) is 0 Å². The molecule has 2 aromatic rings. The first-order valence-corrected chi connectivity index (χ1v) is 6.70. The van der Waals surface area contributed by atoms with Crippen LogP contribution in [-0.2, 0) is 16.1 Å². The topological polar surface area (TPSA) is 123 Å². The van der Waals surface area contributed by atoms with E-state index in [9.17, 15) is 14.7 Å². The second-order valence-electron chi connectivity index (χ2n) is 4.29. The Hall–Kier alpha value is -1.90. The number of nitrogens with two attached hydrogens (primary N) is 1. The van der Waals surface area contributed by atoms with Gasteiger partial charge in [0.1, 0.15) is 24.0 Å². The Morgan fingerprint density at radius 1 is 1.43 bits per heavy atom. The molecule has 0 saturated heterocycles. The predicted octanol–water partition coefficient (Wildman–Crippen LogP) is 0.624. The van der Waals surface area contributed by atoms with Crippen LogP contribution in [0.4, 0.5) is 0 Å². The number of aromatic hydroxyl groups is 1. The van der Waals surface area contributed by atoms with Crippen molar-refractivity contribution in [2.75, 3.05) is 6.61 Å². The molecule has 0 bridgehead atoms. The Balaban J connectivity index is 2.37. The summed E-state index contributed by atoms with van der Waals surface area (Å²) in [5.41, 5.74) is 5.26. The molecule has 8 heteroatoms. The summed E-state index contributed by atoms with van der Waals surface area (Å²) in [6.07, 6.45) is 0. The Labute approximate surface area is 127 Å². The van der Waals surface area contributed by atoms with Crippen LogP contribution in [0.15, 0.2) is 31.9 Å². The van der Waals surface area contributed by atoms with Gasteiger partial charge >= 0.3 is 11.6 Å². The molecule has 1 atom stereocenters. The number of halogens is 1. The van der Waals surface area contributed by atoms with E-state index in [1.54, 1.807) is 6.07 Å². The van der Waals surface area contributed by atoms with Gasteiger partial charge in [-0.15, -0.1) is 0 Å². The van der Waals surface area contributed by atoms with Crippen LogP contribution in [0.1, 0.15) is 5.56 Å². The predicted molar refractivity (Wildman–Crippen MR) is 76.7 cm³/mol. The molecular formula is C13H12BrNO6. The van der Waals surface area contributed by atoms with Crippen LogP contribution in [0.2, 0.25) is 0 Å². The number of phenolic OH excluding ortho intramolecular Hbond substituents is 1. The molecule has 2 rings (SSSR count). The lowest BCUT2D eigenvalue weighted by molar-refractivity contribution is -0.147. The summed E-state index contributed by atoms with van der Waals surface area (Å²) in [6, 6.07) is 2.88. The number of benzene rings is 1. The van der Waals surface area contributed by atoms with E-state index in [4.69, 9.17) is 20.0 Å². The number of hydrogen-bond acceptors (Lipinski definition) is 7. The summed E-state index contributed by atoms with van der Waals surface area (Å²) in [7, 11) is 0. The summed E-state index contributed by atoms with van der Waals surface area (Å²) in [4.78, 5) is 22.9. The average Bonchev–Trinajstić information content (AvgIpc) is 2.45. The summed E-state index contributed by atoms with van der Waals surface area (Å²) >= 11 is 3.15. The fourth-order valence-electron chi connectivity index (χ4n) is 1.69. The number of fused-ring (bicyclic) bond motifs is 1. The first-order valence-electron chi connectivity index (χ1n) is 5.90.